The number of thiophene rings is 1. The molecule has 5 nitrogen and oxygen atoms in total. The average Bonchev–Trinajstić information content (AvgIpc) is 3.08. The molecule has 21 heavy (non-hydrogen) atoms. The molecule has 3 heterocycles. The van der Waals surface area contributed by atoms with Crippen LogP contribution in [0.3, 0.4) is 0 Å². The van der Waals surface area contributed by atoms with Crippen molar-refractivity contribution >= 4 is 23.1 Å². The Labute approximate surface area is 125 Å². The molecule has 0 aliphatic rings. The van der Waals surface area contributed by atoms with E-state index in [1.165, 1.54) is 0 Å². The van der Waals surface area contributed by atoms with Crippen molar-refractivity contribution in [1.82, 2.24) is 10.1 Å². The fraction of sp³-hybridized carbons (Fsp3) is 0.133. The molecule has 106 valence electrons. The molecule has 0 spiro atoms. The van der Waals surface area contributed by atoms with Crippen LogP contribution < -0.4 is 5.32 Å². The first-order valence-corrected chi connectivity index (χ1v) is 7.31. The summed E-state index contributed by atoms with van der Waals surface area (Å²) in [4.78, 5) is 17.2. The Morgan fingerprint density at radius 3 is 3.00 bits per heavy atom. The van der Waals surface area contributed by atoms with E-state index in [4.69, 9.17) is 4.52 Å². The van der Waals surface area contributed by atoms with Crippen LogP contribution in [-0.4, -0.2) is 16.0 Å². The molecule has 1 amide bonds. The minimum atomic E-state index is -0.167. The van der Waals surface area contributed by atoms with Crippen molar-refractivity contribution in [3.8, 4) is 10.6 Å². The summed E-state index contributed by atoms with van der Waals surface area (Å²) >= 11 is 1.57. The number of hydrogen-bond donors (Lipinski definition) is 1. The molecule has 0 aliphatic heterocycles. The zero-order chi connectivity index (χ0) is 14.7. The lowest BCUT2D eigenvalue weighted by Crippen LogP contribution is -2.15. The van der Waals surface area contributed by atoms with Gasteiger partial charge in [0.1, 0.15) is 5.82 Å². The molecule has 3 rings (SSSR count). The first-order chi connectivity index (χ1) is 10.2. The van der Waals surface area contributed by atoms with Gasteiger partial charge in [-0.25, -0.2) is 4.98 Å². The highest BCUT2D eigenvalue weighted by Gasteiger charge is 2.11. The van der Waals surface area contributed by atoms with Crippen molar-refractivity contribution in [2.45, 2.75) is 13.3 Å². The largest absolute Gasteiger partial charge is 0.355 e. The van der Waals surface area contributed by atoms with Gasteiger partial charge in [-0.15, -0.1) is 11.3 Å². The fourth-order valence-electron chi connectivity index (χ4n) is 1.89. The maximum absolute atomic E-state index is 12.0. The maximum Gasteiger partial charge on any atom is 0.231 e. The lowest BCUT2D eigenvalue weighted by atomic mass is 10.2. The van der Waals surface area contributed by atoms with E-state index in [1.807, 2.05) is 36.6 Å². The Balaban J connectivity index is 1.65. The van der Waals surface area contributed by atoms with Crippen LogP contribution in [0.5, 0.6) is 0 Å². The van der Waals surface area contributed by atoms with E-state index in [0.29, 0.717) is 17.3 Å². The van der Waals surface area contributed by atoms with Gasteiger partial charge in [0.05, 0.1) is 17.0 Å². The van der Waals surface area contributed by atoms with E-state index in [2.05, 4.69) is 15.5 Å². The molecule has 0 aliphatic carbocycles. The normalized spacial score (nSPS) is 10.5. The molecular formula is C15H13N3O2S. The number of amides is 1. The third-order valence-corrected chi connectivity index (χ3v) is 3.70. The van der Waals surface area contributed by atoms with Crippen molar-refractivity contribution in [3.63, 3.8) is 0 Å². The Kier molecular flexibility index (Phi) is 3.79. The van der Waals surface area contributed by atoms with Crippen LogP contribution in [0.25, 0.3) is 10.6 Å². The van der Waals surface area contributed by atoms with Gasteiger partial charge in [-0.3, -0.25) is 4.79 Å². The van der Waals surface area contributed by atoms with Crippen LogP contribution in [-0.2, 0) is 11.2 Å². The van der Waals surface area contributed by atoms with Crippen LogP contribution in [0.15, 0.2) is 46.3 Å². The minimum absolute atomic E-state index is 0.157. The second-order valence-corrected chi connectivity index (χ2v) is 5.50. The number of pyridine rings is 1. The molecule has 0 saturated carbocycles. The molecule has 6 heteroatoms. The van der Waals surface area contributed by atoms with Crippen LogP contribution in [0.4, 0.5) is 5.82 Å². The average molecular weight is 299 g/mol. The summed E-state index contributed by atoms with van der Waals surface area (Å²) in [7, 11) is 0. The predicted octanol–water partition coefficient (Wildman–Crippen LogP) is 3.29. The summed E-state index contributed by atoms with van der Waals surface area (Å²) < 4.78 is 5.24. The van der Waals surface area contributed by atoms with Crippen molar-refractivity contribution in [3.05, 3.63) is 53.2 Å². The van der Waals surface area contributed by atoms with E-state index in [-0.39, 0.29) is 12.3 Å². The Morgan fingerprint density at radius 2 is 2.24 bits per heavy atom. The zero-order valence-corrected chi connectivity index (χ0v) is 12.2. The van der Waals surface area contributed by atoms with Gasteiger partial charge in [-0.2, -0.15) is 0 Å². The minimum Gasteiger partial charge on any atom is -0.355 e. The van der Waals surface area contributed by atoms with Crippen LogP contribution >= 0.6 is 11.3 Å². The highest BCUT2D eigenvalue weighted by Crippen LogP contribution is 2.25. The fourth-order valence-corrected chi connectivity index (χ4v) is 2.57. The van der Waals surface area contributed by atoms with E-state index < -0.39 is 0 Å². The second-order valence-electron chi connectivity index (χ2n) is 4.55. The Hall–Kier alpha value is -2.47. The van der Waals surface area contributed by atoms with E-state index in [0.717, 1.165) is 10.6 Å². The van der Waals surface area contributed by atoms with Gasteiger partial charge < -0.3 is 9.84 Å². The van der Waals surface area contributed by atoms with Gasteiger partial charge >= 0.3 is 0 Å². The first-order valence-electron chi connectivity index (χ1n) is 6.44. The van der Waals surface area contributed by atoms with Crippen LogP contribution in [0.1, 0.15) is 11.4 Å². The summed E-state index contributed by atoms with van der Waals surface area (Å²) in [6, 6.07) is 11.2. The topological polar surface area (TPSA) is 68.0 Å². The summed E-state index contributed by atoms with van der Waals surface area (Å²) in [6.07, 6.45) is 0.157. The first kappa shape index (κ1) is 13.5. The molecule has 0 fully saturated rings. The summed E-state index contributed by atoms with van der Waals surface area (Å²) in [5.74, 6) is 1.06. The molecule has 0 atom stereocenters. The standard InChI is InChI=1S/C15H13N3O2S/c1-10-4-2-6-14(16-10)17-15(19)9-11-8-12(20-18-11)13-5-3-7-21-13/h2-8H,9H2,1H3,(H,16,17,19). The molecule has 0 radical (unpaired) electrons. The number of carbonyl (C=O) groups is 1. The lowest BCUT2D eigenvalue weighted by molar-refractivity contribution is -0.115. The number of aryl methyl sites for hydroxylation is 1. The number of hydrogen-bond acceptors (Lipinski definition) is 5. The van der Waals surface area contributed by atoms with Crippen LogP contribution in [0.2, 0.25) is 0 Å². The van der Waals surface area contributed by atoms with Crippen molar-refractivity contribution in [2.24, 2.45) is 0 Å². The monoisotopic (exact) mass is 299 g/mol. The molecule has 1 N–H and O–H groups in total. The van der Waals surface area contributed by atoms with Gasteiger partial charge in [0.15, 0.2) is 5.76 Å². The molecule has 0 bridgehead atoms. The van der Waals surface area contributed by atoms with E-state index >= 15 is 0 Å². The third-order valence-electron chi connectivity index (χ3n) is 2.82. The van der Waals surface area contributed by atoms with Gasteiger partial charge in [0, 0.05) is 11.8 Å². The maximum atomic E-state index is 12.0. The summed E-state index contributed by atoms with van der Waals surface area (Å²) in [5.41, 5.74) is 1.46. The molecule has 3 aromatic heterocycles. The van der Waals surface area contributed by atoms with Crippen molar-refractivity contribution in [1.29, 1.82) is 0 Å². The number of nitrogens with zero attached hydrogens (tertiary/aromatic N) is 2. The second kappa shape index (κ2) is 5.88. The predicted molar refractivity (Wildman–Crippen MR) is 81.1 cm³/mol. The van der Waals surface area contributed by atoms with Gasteiger partial charge in [-0.1, -0.05) is 17.3 Å². The van der Waals surface area contributed by atoms with Gasteiger partial charge in [-0.05, 0) is 30.5 Å². The SMILES string of the molecule is Cc1cccc(NC(=O)Cc2cc(-c3cccs3)on2)n1. The third kappa shape index (κ3) is 3.35. The smallest absolute Gasteiger partial charge is 0.231 e. The zero-order valence-electron chi connectivity index (χ0n) is 11.4. The quantitative estimate of drug-likeness (QED) is 0.802. The number of nitrogens with one attached hydrogen (secondary N) is 1. The molecule has 3 aromatic rings. The molecule has 0 saturated heterocycles. The highest BCUT2D eigenvalue weighted by atomic mass is 32.1. The van der Waals surface area contributed by atoms with Gasteiger partial charge in [0.2, 0.25) is 5.91 Å². The van der Waals surface area contributed by atoms with E-state index in [1.54, 1.807) is 23.5 Å². The van der Waals surface area contributed by atoms with Crippen LogP contribution in [0, 0.1) is 6.92 Å². The Morgan fingerprint density at radius 1 is 1.33 bits per heavy atom. The number of rotatable bonds is 4. The summed E-state index contributed by atoms with van der Waals surface area (Å²) in [5, 5.41) is 8.63. The van der Waals surface area contributed by atoms with Gasteiger partial charge in [0.25, 0.3) is 0 Å². The Bertz CT molecular complexity index is 750. The molecule has 0 aromatic carbocycles. The number of carbonyl (C=O) groups excluding carboxylic acids is 1. The number of anilines is 1. The van der Waals surface area contributed by atoms with Crippen molar-refractivity contribution < 1.29 is 9.32 Å². The van der Waals surface area contributed by atoms with E-state index in [9.17, 15) is 4.79 Å². The molecule has 0 unspecified atom stereocenters. The summed E-state index contributed by atoms with van der Waals surface area (Å²) in [6.45, 7) is 1.88. The highest BCUT2D eigenvalue weighted by molar-refractivity contribution is 7.13. The molecular weight excluding hydrogens is 286 g/mol. The lowest BCUT2D eigenvalue weighted by Gasteiger charge is -2.03. The number of aromatic nitrogens is 2. The van der Waals surface area contributed by atoms with Crippen molar-refractivity contribution in [2.75, 3.05) is 5.32 Å².